The van der Waals surface area contributed by atoms with Gasteiger partial charge in [-0.3, -0.25) is 4.79 Å². The van der Waals surface area contributed by atoms with Gasteiger partial charge in [0.25, 0.3) is 0 Å². The summed E-state index contributed by atoms with van der Waals surface area (Å²) in [6.07, 6.45) is 1.06. The number of fused-ring (bicyclic) bond motifs is 1. The summed E-state index contributed by atoms with van der Waals surface area (Å²) in [5.74, 6) is -0.160. The quantitative estimate of drug-likeness (QED) is 0.827. The molecule has 20 heavy (non-hydrogen) atoms. The molecule has 2 rings (SSSR count). The Morgan fingerprint density at radius 1 is 1.45 bits per heavy atom. The molecule has 0 radical (unpaired) electrons. The number of aromatic nitrogens is 2. The maximum absolute atomic E-state index is 10.8. The molecule has 0 fully saturated rings. The highest BCUT2D eigenvalue weighted by molar-refractivity contribution is 7.99. The number of thioether (sulfide) groups is 1. The predicted molar refractivity (Wildman–Crippen MR) is 82.3 cm³/mol. The highest BCUT2D eigenvalue weighted by atomic mass is 32.2. The van der Waals surface area contributed by atoms with Crippen LogP contribution >= 0.6 is 11.8 Å². The molecule has 2 aromatic rings. The van der Waals surface area contributed by atoms with Crippen LogP contribution in [0.2, 0.25) is 0 Å². The van der Waals surface area contributed by atoms with Gasteiger partial charge in [-0.25, -0.2) is 4.98 Å². The molecule has 4 nitrogen and oxygen atoms in total. The van der Waals surface area contributed by atoms with E-state index < -0.39 is 5.97 Å². The molecule has 1 heterocycles. The van der Waals surface area contributed by atoms with Crippen LogP contribution in [-0.4, -0.2) is 26.4 Å². The number of carboxylic acids is 1. The second-order valence-electron chi connectivity index (χ2n) is 5.35. The number of hydrogen-bond acceptors (Lipinski definition) is 3. The number of rotatable bonds is 6. The lowest BCUT2D eigenvalue weighted by Gasteiger charge is -2.11. The molecular formula is C15H20N2O2S. The van der Waals surface area contributed by atoms with Crippen molar-refractivity contribution in [1.29, 1.82) is 0 Å². The maximum Gasteiger partial charge on any atom is 0.313 e. The molecule has 0 spiro atoms. The van der Waals surface area contributed by atoms with Crippen molar-refractivity contribution in [3.05, 3.63) is 23.8 Å². The molecule has 108 valence electrons. The molecule has 0 bridgehead atoms. The molecule has 0 aliphatic rings. The number of nitrogens with zero attached hydrogens (tertiary/aromatic N) is 2. The lowest BCUT2D eigenvalue weighted by atomic mass is 10.1. The van der Waals surface area contributed by atoms with Gasteiger partial charge in [-0.15, -0.1) is 0 Å². The number of carboxylic acid groups (broad SMARTS) is 1. The van der Waals surface area contributed by atoms with E-state index in [0.29, 0.717) is 5.92 Å². The van der Waals surface area contributed by atoms with Crippen LogP contribution in [0.5, 0.6) is 0 Å². The number of hydrogen-bond donors (Lipinski definition) is 1. The number of aliphatic carboxylic acids is 1. The minimum absolute atomic E-state index is 0.0457. The molecule has 1 aromatic carbocycles. The average Bonchev–Trinajstić information content (AvgIpc) is 2.73. The molecule has 0 saturated carbocycles. The smallest absolute Gasteiger partial charge is 0.313 e. The molecule has 0 aliphatic carbocycles. The summed E-state index contributed by atoms with van der Waals surface area (Å²) < 4.78 is 2.16. The van der Waals surface area contributed by atoms with E-state index in [9.17, 15) is 4.79 Å². The molecule has 0 amide bonds. The zero-order chi connectivity index (χ0) is 14.7. The Morgan fingerprint density at radius 3 is 2.85 bits per heavy atom. The SMILES string of the molecule is Cc1cccc2nc(SCC(=O)O)n(CCC(C)C)c12. The predicted octanol–water partition coefficient (Wildman–Crippen LogP) is 3.57. The Kier molecular flexibility index (Phi) is 4.70. The normalized spacial score (nSPS) is 11.4. The zero-order valence-corrected chi connectivity index (χ0v) is 12.9. The van der Waals surface area contributed by atoms with Gasteiger partial charge in [-0.2, -0.15) is 0 Å². The van der Waals surface area contributed by atoms with Crippen molar-refractivity contribution in [3.63, 3.8) is 0 Å². The van der Waals surface area contributed by atoms with Crippen LogP contribution < -0.4 is 0 Å². The van der Waals surface area contributed by atoms with E-state index in [1.807, 2.05) is 12.1 Å². The van der Waals surface area contributed by atoms with Crippen molar-refractivity contribution in [2.24, 2.45) is 5.92 Å². The maximum atomic E-state index is 10.8. The molecule has 5 heteroatoms. The monoisotopic (exact) mass is 292 g/mol. The van der Waals surface area contributed by atoms with E-state index in [1.54, 1.807) is 0 Å². The number of para-hydroxylation sites is 1. The van der Waals surface area contributed by atoms with Crippen molar-refractivity contribution in [2.45, 2.75) is 38.9 Å². The summed E-state index contributed by atoms with van der Waals surface area (Å²) in [6.45, 7) is 7.33. The van der Waals surface area contributed by atoms with Crippen LogP contribution in [0.25, 0.3) is 11.0 Å². The molecule has 0 unspecified atom stereocenters. The fourth-order valence-electron chi connectivity index (χ4n) is 2.18. The third-order valence-electron chi connectivity index (χ3n) is 3.19. The summed E-state index contributed by atoms with van der Waals surface area (Å²) in [5, 5.41) is 9.66. The van der Waals surface area contributed by atoms with Crippen LogP contribution in [0.4, 0.5) is 0 Å². The van der Waals surface area contributed by atoms with E-state index in [0.717, 1.165) is 29.2 Å². The highest BCUT2D eigenvalue weighted by Crippen LogP contribution is 2.27. The van der Waals surface area contributed by atoms with E-state index >= 15 is 0 Å². The van der Waals surface area contributed by atoms with Gasteiger partial charge in [-0.05, 0) is 30.9 Å². The van der Waals surface area contributed by atoms with E-state index in [4.69, 9.17) is 5.11 Å². The van der Waals surface area contributed by atoms with Crippen molar-refractivity contribution in [2.75, 3.05) is 5.75 Å². The molecule has 0 atom stereocenters. The first-order valence-corrected chi connectivity index (χ1v) is 7.78. The summed E-state index contributed by atoms with van der Waals surface area (Å²) >= 11 is 1.29. The Balaban J connectivity index is 2.40. The second-order valence-corrected chi connectivity index (χ2v) is 6.30. The average molecular weight is 292 g/mol. The summed E-state index contributed by atoms with van der Waals surface area (Å²) in [7, 11) is 0. The van der Waals surface area contributed by atoms with Gasteiger partial charge in [-0.1, -0.05) is 37.7 Å². The molecule has 0 aliphatic heterocycles. The lowest BCUT2D eigenvalue weighted by molar-refractivity contribution is -0.133. The van der Waals surface area contributed by atoms with Crippen molar-refractivity contribution in [1.82, 2.24) is 9.55 Å². The van der Waals surface area contributed by atoms with Crippen LogP contribution in [0.1, 0.15) is 25.8 Å². The molecule has 1 aromatic heterocycles. The first-order valence-electron chi connectivity index (χ1n) is 6.79. The van der Waals surface area contributed by atoms with Crippen LogP contribution in [-0.2, 0) is 11.3 Å². The molecular weight excluding hydrogens is 272 g/mol. The molecule has 1 N–H and O–H groups in total. The van der Waals surface area contributed by atoms with Crippen LogP contribution in [0, 0.1) is 12.8 Å². The minimum atomic E-state index is -0.811. The number of imidazole rings is 1. The Labute approximate surface area is 123 Å². The van der Waals surface area contributed by atoms with Crippen LogP contribution in [0.3, 0.4) is 0 Å². The Bertz CT molecular complexity index is 620. The minimum Gasteiger partial charge on any atom is -0.481 e. The topological polar surface area (TPSA) is 55.1 Å². The zero-order valence-electron chi connectivity index (χ0n) is 12.1. The van der Waals surface area contributed by atoms with Gasteiger partial charge >= 0.3 is 5.97 Å². The van der Waals surface area contributed by atoms with Gasteiger partial charge in [0.05, 0.1) is 16.8 Å². The van der Waals surface area contributed by atoms with Crippen molar-refractivity contribution in [3.8, 4) is 0 Å². The Morgan fingerprint density at radius 2 is 2.20 bits per heavy atom. The largest absolute Gasteiger partial charge is 0.481 e. The van der Waals surface area contributed by atoms with Crippen LogP contribution in [0.15, 0.2) is 23.4 Å². The van der Waals surface area contributed by atoms with E-state index in [2.05, 4.69) is 36.4 Å². The number of aryl methyl sites for hydroxylation is 2. The van der Waals surface area contributed by atoms with Gasteiger partial charge in [0.2, 0.25) is 0 Å². The fourth-order valence-corrected chi connectivity index (χ4v) is 2.93. The second kappa shape index (κ2) is 6.31. The molecule has 0 saturated heterocycles. The number of benzene rings is 1. The third-order valence-corrected chi connectivity index (χ3v) is 4.15. The van der Waals surface area contributed by atoms with Gasteiger partial charge in [0.15, 0.2) is 5.16 Å². The first-order chi connectivity index (χ1) is 9.49. The summed E-state index contributed by atoms with van der Waals surface area (Å²) in [6, 6.07) is 6.05. The fraction of sp³-hybridized carbons (Fsp3) is 0.467. The van der Waals surface area contributed by atoms with E-state index in [1.165, 1.54) is 17.3 Å². The van der Waals surface area contributed by atoms with Gasteiger partial charge in [0, 0.05) is 6.54 Å². The summed E-state index contributed by atoms with van der Waals surface area (Å²) in [5.41, 5.74) is 3.25. The highest BCUT2D eigenvalue weighted by Gasteiger charge is 2.14. The van der Waals surface area contributed by atoms with Crippen molar-refractivity contribution >= 4 is 28.8 Å². The Hall–Kier alpha value is -1.49. The van der Waals surface area contributed by atoms with E-state index in [-0.39, 0.29) is 5.75 Å². The number of carbonyl (C=O) groups is 1. The third kappa shape index (κ3) is 3.33. The van der Waals surface area contributed by atoms with Gasteiger partial charge < -0.3 is 9.67 Å². The van der Waals surface area contributed by atoms with Gasteiger partial charge in [0.1, 0.15) is 0 Å². The van der Waals surface area contributed by atoms with Crippen molar-refractivity contribution < 1.29 is 9.90 Å². The lowest BCUT2D eigenvalue weighted by Crippen LogP contribution is -2.06. The summed E-state index contributed by atoms with van der Waals surface area (Å²) in [4.78, 5) is 15.4. The standard InChI is InChI=1S/C15H20N2O2S/c1-10(2)7-8-17-14-11(3)5-4-6-12(14)16-15(17)20-9-13(18)19/h4-6,10H,7-9H2,1-3H3,(H,18,19). The first kappa shape index (κ1) is 14.9.